The summed E-state index contributed by atoms with van der Waals surface area (Å²) in [6.07, 6.45) is 0. The molecule has 2 aromatic carbocycles. The van der Waals surface area contributed by atoms with E-state index in [1.54, 1.807) is 31.4 Å². The Balaban J connectivity index is 2.31. The van der Waals surface area contributed by atoms with E-state index < -0.39 is 10.8 Å². The third kappa shape index (κ3) is 2.75. The first-order valence-corrected chi connectivity index (χ1v) is 5.93. The molecule has 0 saturated carbocycles. The summed E-state index contributed by atoms with van der Waals surface area (Å²) < 4.78 is 5.07. The predicted molar refractivity (Wildman–Crippen MR) is 73.5 cm³/mol. The largest absolute Gasteiger partial charge is 0.497 e. The molecule has 0 amide bonds. The molecule has 20 heavy (non-hydrogen) atoms. The van der Waals surface area contributed by atoms with E-state index >= 15 is 0 Å². The molecule has 0 fully saturated rings. The number of methoxy groups -OCH3 is 1. The predicted octanol–water partition coefficient (Wildman–Crippen LogP) is 3.26. The summed E-state index contributed by atoms with van der Waals surface area (Å²) in [5.74, 6) is 0.260. The average Bonchev–Trinajstić information content (AvgIpc) is 2.49. The van der Waals surface area contributed by atoms with Crippen molar-refractivity contribution >= 4 is 5.69 Å². The number of benzene rings is 2. The van der Waals surface area contributed by atoms with Crippen molar-refractivity contribution < 1.29 is 9.66 Å². The molecule has 0 aliphatic rings. The van der Waals surface area contributed by atoms with Crippen molar-refractivity contribution in [1.29, 1.82) is 5.26 Å². The first kappa shape index (κ1) is 13.6. The van der Waals surface area contributed by atoms with Gasteiger partial charge in [-0.15, -0.1) is 0 Å². The van der Waals surface area contributed by atoms with Gasteiger partial charge in [0.1, 0.15) is 5.75 Å². The molecule has 5 heteroatoms. The van der Waals surface area contributed by atoms with Crippen LogP contribution >= 0.6 is 0 Å². The molecule has 0 unspecified atom stereocenters. The van der Waals surface area contributed by atoms with Crippen molar-refractivity contribution in [1.82, 2.24) is 0 Å². The first-order chi connectivity index (χ1) is 9.65. The molecule has 5 nitrogen and oxygen atoms in total. The SMILES string of the molecule is COc1ccc([C@H](C#N)c2ccc([N+](=O)[O-])cc2)cc1. The van der Waals surface area contributed by atoms with Crippen LogP contribution in [-0.4, -0.2) is 12.0 Å². The van der Waals surface area contributed by atoms with Crippen molar-refractivity contribution in [3.8, 4) is 11.8 Å². The lowest BCUT2D eigenvalue weighted by Gasteiger charge is -2.10. The summed E-state index contributed by atoms with van der Waals surface area (Å²) in [4.78, 5) is 10.2. The lowest BCUT2D eigenvalue weighted by atomic mass is 9.92. The van der Waals surface area contributed by atoms with Gasteiger partial charge in [-0.25, -0.2) is 0 Å². The van der Waals surface area contributed by atoms with Gasteiger partial charge in [0.25, 0.3) is 5.69 Å². The maximum Gasteiger partial charge on any atom is 0.269 e. The smallest absolute Gasteiger partial charge is 0.269 e. The maximum atomic E-state index is 10.6. The molecule has 0 spiro atoms. The van der Waals surface area contributed by atoms with Crippen LogP contribution in [-0.2, 0) is 0 Å². The fraction of sp³-hybridized carbons (Fsp3) is 0.133. The molecule has 1 atom stereocenters. The molecular weight excluding hydrogens is 256 g/mol. The van der Waals surface area contributed by atoms with E-state index in [4.69, 9.17) is 4.74 Å². The highest BCUT2D eigenvalue weighted by atomic mass is 16.6. The number of hydrogen-bond donors (Lipinski definition) is 0. The highest BCUT2D eigenvalue weighted by molar-refractivity contribution is 5.43. The van der Waals surface area contributed by atoms with Gasteiger partial charge in [0.15, 0.2) is 0 Å². The van der Waals surface area contributed by atoms with Gasteiger partial charge >= 0.3 is 0 Å². The van der Waals surface area contributed by atoms with Crippen molar-refractivity contribution in [3.63, 3.8) is 0 Å². The van der Waals surface area contributed by atoms with Gasteiger partial charge in [-0.1, -0.05) is 24.3 Å². The van der Waals surface area contributed by atoms with Crippen LogP contribution < -0.4 is 4.74 Å². The fourth-order valence-electron chi connectivity index (χ4n) is 1.93. The molecule has 2 rings (SSSR count). The number of nitrogens with zero attached hydrogens (tertiary/aromatic N) is 2. The van der Waals surface area contributed by atoms with Crippen LogP contribution in [0.2, 0.25) is 0 Å². The van der Waals surface area contributed by atoms with Crippen LogP contribution in [0, 0.1) is 21.4 Å². The topological polar surface area (TPSA) is 76.2 Å². The van der Waals surface area contributed by atoms with Crippen molar-refractivity contribution in [2.75, 3.05) is 7.11 Å². The highest BCUT2D eigenvalue weighted by Crippen LogP contribution is 2.27. The minimum Gasteiger partial charge on any atom is -0.497 e. The van der Waals surface area contributed by atoms with E-state index in [9.17, 15) is 15.4 Å². The minimum atomic E-state index is -0.460. The zero-order valence-electron chi connectivity index (χ0n) is 10.8. The Kier molecular flexibility index (Phi) is 3.96. The molecule has 100 valence electrons. The Hall–Kier alpha value is -2.87. The second-order valence-electron chi connectivity index (χ2n) is 4.18. The normalized spacial score (nSPS) is 11.4. The Morgan fingerprint density at radius 3 is 2.00 bits per heavy atom. The number of rotatable bonds is 4. The minimum absolute atomic E-state index is 0.0140. The molecule has 0 bridgehead atoms. The third-order valence-corrected chi connectivity index (χ3v) is 3.02. The van der Waals surface area contributed by atoms with E-state index in [1.807, 2.05) is 12.1 Å². The number of nitro groups is 1. The molecule has 0 N–H and O–H groups in total. The van der Waals surface area contributed by atoms with Gasteiger partial charge in [-0.2, -0.15) is 5.26 Å². The van der Waals surface area contributed by atoms with Crippen molar-refractivity contribution in [2.24, 2.45) is 0 Å². The van der Waals surface area contributed by atoms with Gasteiger partial charge in [-0.05, 0) is 23.3 Å². The Labute approximate surface area is 116 Å². The molecule has 0 aliphatic heterocycles. The van der Waals surface area contributed by atoms with Gasteiger partial charge in [0.2, 0.25) is 0 Å². The summed E-state index contributed by atoms with van der Waals surface area (Å²) >= 11 is 0. The second kappa shape index (κ2) is 5.85. The first-order valence-electron chi connectivity index (χ1n) is 5.93. The quantitative estimate of drug-likeness (QED) is 0.630. The number of nitro benzene ring substituents is 1. The number of non-ortho nitro benzene ring substituents is 1. The maximum absolute atomic E-state index is 10.6. The van der Waals surface area contributed by atoms with Crippen LogP contribution in [0.5, 0.6) is 5.75 Å². The van der Waals surface area contributed by atoms with Gasteiger partial charge < -0.3 is 4.74 Å². The van der Waals surface area contributed by atoms with Crippen LogP contribution in [0.15, 0.2) is 48.5 Å². The highest BCUT2D eigenvalue weighted by Gasteiger charge is 2.15. The van der Waals surface area contributed by atoms with Crippen LogP contribution in [0.4, 0.5) is 5.69 Å². The summed E-state index contributed by atoms with van der Waals surface area (Å²) in [5, 5.41) is 19.9. The number of ether oxygens (including phenoxy) is 1. The van der Waals surface area contributed by atoms with Crippen LogP contribution in [0.1, 0.15) is 17.0 Å². The standard InChI is InChI=1S/C15H12N2O3/c1-20-14-8-4-12(5-9-14)15(10-16)11-2-6-13(7-3-11)17(18)19/h2-9,15H,1H3/t15-/m1/s1. The summed E-state index contributed by atoms with van der Waals surface area (Å²) in [6.45, 7) is 0. The van der Waals surface area contributed by atoms with E-state index in [0.29, 0.717) is 5.75 Å². The summed E-state index contributed by atoms with van der Waals surface area (Å²) in [7, 11) is 1.58. The summed E-state index contributed by atoms with van der Waals surface area (Å²) in [5.41, 5.74) is 1.56. The van der Waals surface area contributed by atoms with Crippen molar-refractivity contribution in [3.05, 3.63) is 69.8 Å². The molecule has 2 aromatic rings. The second-order valence-corrected chi connectivity index (χ2v) is 4.18. The van der Waals surface area contributed by atoms with E-state index in [2.05, 4.69) is 6.07 Å². The molecule has 0 aliphatic carbocycles. The lowest BCUT2D eigenvalue weighted by Crippen LogP contribution is -1.98. The average molecular weight is 268 g/mol. The van der Waals surface area contributed by atoms with E-state index in [-0.39, 0.29) is 5.69 Å². The Morgan fingerprint density at radius 2 is 1.60 bits per heavy atom. The zero-order valence-corrected chi connectivity index (χ0v) is 10.8. The number of hydrogen-bond acceptors (Lipinski definition) is 4. The Morgan fingerprint density at radius 1 is 1.10 bits per heavy atom. The summed E-state index contributed by atoms with van der Waals surface area (Å²) in [6, 6.07) is 15.4. The molecular formula is C15H12N2O3. The monoisotopic (exact) mass is 268 g/mol. The van der Waals surface area contributed by atoms with Crippen molar-refractivity contribution in [2.45, 2.75) is 5.92 Å². The molecule has 0 heterocycles. The molecule has 0 aromatic heterocycles. The number of nitriles is 1. The molecule has 0 radical (unpaired) electrons. The van der Waals surface area contributed by atoms with Crippen LogP contribution in [0.3, 0.4) is 0 Å². The fourth-order valence-corrected chi connectivity index (χ4v) is 1.93. The molecule has 0 saturated heterocycles. The lowest BCUT2D eigenvalue weighted by molar-refractivity contribution is -0.384. The zero-order chi connectivity index (χ0) is 14.5. The third-order valence-electron chi connectivity index (χ3n) is 3.02. The van der Waals surface area contributed by atoms with Gasteiger partial charge in [-0.3, -0.25) is 10.1 Å². The van der Waals surface area contributed by atoms with Crippen LogP contribution in [0.25, 0.3) is 0 Å². The van der Waals surface area contributed by atoms with E-state index in [0.717, 1.165) is 11.1 Å². The van der Waals surface area contributed by atoms with Gasteiger partial charge in [0.05, 0.1) is 24.0 Å². The van der Waals surface area contributed by atoms with Gasteiger partial charge in [0, 0.05) is 12.1 Å². The van der Waals surface area contributed by atoms with E-state index in [1.165, 1.54) is 12.1 Å². The Bertz CT molecular complexity index is 642.